The number of H-pyrrole nitrogens is 1. The predicted octanol–water partition coefficient (Wildman–Crippen LogP) is 2.55. The Morgan fingerprint density at radius 1 is 1.25 bits per heavy atom. The molecule has 2 aliphatic heterocycles. The zero-order valence-corrected chi connectivity index (χ0v) is 9.60. The van der Waals surface area contributed by atoms with E-state index in [0.717, 1.165) is 0 Å². The molecule has 1 unspecified atom stereocenters. The van der Waals surface area contributed by atoms with Gasteiger partial charge in [0.2, 0.25) is 0 Å². The predicted molar refractivity (Wildman–Crippen MR) is 66.2 cm³/mol. The van der Waals surface area contributed by atoms with Crippen LogP contribution in [0, 0.1) is 0 Å². The number of hydrogen-bond acceptors (Lipinski definition) is 2. The van der Waals surface area contributed by atoms with Crippen molar-refractivity contribution in [3.63, 3.8) is 0 Å². The minimum absolute atomic E-state index is 0.561. The van der Waals surface area contributed by atoms with Crippen LogP contribution in [-0.2, 0) is 0 Å². The second kappa shape index (κ2) is 4.24. The van der Waals surface area contributed by atoms with Crippen LogP contribution in [0.5, 0.6) is 0 Å². The molecule has 0 saturated carbocycles. The summed E-state index contributed by atoms with van der Waals surface area (Å²) in [6.45, 7) is 2.36. The molecule has 1 aromatic rings. The van der Waals surface area contributed by atoms with Gasteiger partial charge < -0.3 is 14.8 Å². The van der Waals surface area contributed by atoms with Gasteiger partial charge in [0.1, 0.15) is 12.0 Å². The van der Waals surface area contributed by atoms with E-state index in [-0.39, 0.29) is 0 Å². The van der Waals surface area contributed by atoms with Crippen molar-refractivity contribution in [2.24, 2.45) is 0 Å². The van der Waals surface area contributed by atoms with E-state index < -0.39 is 0 Å². The van der Waals surface area contributed by atoms with Crippen LogP contribution >= 0.6 is 0 Å². The summed E-state index contributed by atoms with van der Waals surface area (Å²) in [5.74, 6) is 1.27. The monoisotopic (exact) mass is 217 g/mol. The highest BCUT2D eigenvalue weighted by atomic mass is 15.4. The number of hydrogen-bond donors (Lipinski definition) is 1. The third kappa shape index (κ3) is 1.70. The van der Waals surface area contributed by atoms with Gasteiger partial charge in [0.15, 0.2) is 0 Å². The lowest BCUT2D eigenvalue weighted by molar-refractivity contribution is 0.242. The molecule has 3 rings (SSSR count). The Kier molecular flexibility index (Phi) is 2.60. The molecule has 0 spiro atoms. The molecule has 1 N–H and O–H groups in total. The van der Waals surface area contributed by atoms with Crippen molar-refractivity contribution in [2.75, 3.05) is 18.0 Å². The normalized spacial score (nSPS) is 25.4. The largest absolute Gasteiger partial charge is 0.357 e. The number of nitrogens with zero attached hydrogens (tertiary/aromatic N) is 2. The first kappa shape index (κ1) is 9.82. The maximum absolute atomic E-state index is 3.34. The molecule has 0 amide bonds. The Balaban J connectivity index is 1.80. The van der Waals surface area contributed by atoms with Gasteiger partial charge in [-0.3, -0.25) is 0 Å². The van der Waals surface area contributed by atoms with E-state index in [0.29, 0.717) is 6.17 Å². The Morgan fingerprint density at radius 3 is 3.00 bits per heavy atom. The van der Waals surface area contributed by atoms with Crippen molar-refractivity contribution in [2.45, 2.75) is 31.8 Å². The minimum Gasteiger partial charge on any atom is -0.357 e. The van der Waals surface area contributed by atoms with Gasteiger partial charge >= 0.3 is 0 Å². The summed E-state index contributed by atoms with van der Waals surface area (Å²) in [5.41, 5.74) is 0. The van der Waals surface area contributed by atoms with Crippen LogP contribution in [0.15, 0.2) is 30.6 Å². The third-order valence-corrected chi connectivity index (χ3v) is 3.60. The van der Waals surface area contributed by atoms with E-state index in [1.807, 2.05) is 6.20 Å². The molecule has 0 radical (unpaired) electrons. The summed E-state index contributed by atoms with van der Waals surface area (Å²) in [4.78, 5) is 8.33. The first-order valence-electron chi connectivity index (χ1n) is 6.27. The average Bonchev–Trinajstić information content (AvgIpc) is 3.03. The minimum atomic E-state index is 0.561. The molecule has 16 heavy (non-hydrogen) atoms. The number of rotatable bonds is 2. The van der Waals surface area contributed by atoms with Gasteiger partial charge in [0.25, 0.3) is 0 Å². The fourth-order valence-electron chi connectivity index (χ4n) is 2.80. The zero-order valence-electron chi connectivity index (χ0n) is 9.60. The maximum atomic E-state index is 3.34. The topological polar surface area (TPSA) is 22.3 Å². The van der Waals surface area contributed by atoms with E-state index in [4.69, 9.17) is 0 Å². The number of aromatic nitrogens is 1. The van der Waals surface area contributed by atoms with Crippen LogP contribution < -0.4 is 4.90 Å². The number of nitrogens with one attached hydrogen (secondary N) is 1. The second-order valence-corrected chi connectivity index (χ2v) is 4.64. The molecule has 3 heterocycles. The van der Waals surface area contributed by atoms with E-state index in [2.05, 4.69) is 39.2 Å². The van der Waals surface area contributed by atoms with Crippen molar-refractivity contribution >= 4 is 5.82 Å². The lowest BCUT2D eigenvalue weighted by atomic mass is 10.1. The lowest BCUT2D eigenvalue weighted by Crippen LogP contribution is -2.48. The second-order valence-electron chi connectivity index (χ2n) is 4.64. The summed E-state index contributed by atoms with van der Waals surface area (Å²) in [5, 5.41) is 0. The Bertz CT molecular complexity index is 355. The molecule has 2 aliphatic rings. The molecule has 1 atom stereocenters. The average molecular weight is 217 g/mol. The summed E-state index contributed by atoms with van der Waals surface area (Å²) in [6, 6.07) is 4.26. The summed E-state index contributed by atoms with van der Waals surface area (Å²) < 4.78 is 0. The SMILES string of the molecule is C1=CN(C2CCCCN2c2ccc[nH]2)CC1. The molecule has 1 saturated heterocycles. The van der Waals surface area contributed by atoms with Crippen LogP contribution in [0.2, 0.25) is 0 Å². The lowest BCUT2D eigenvalue weighted by Gasteiger charge is -2.41. The van der Waals surface area contributed by atoms with Crippen molar-refractivity contribution < 1.29 is 0 Å². The van der Waals surface area contributed by atoms with Crippen LogP contribution in [0.3, 0.4) is 0 Å². The van der Waals surface area contributed by atoms with Gasteiger partial charge in [-0.25, -0.2) is 0 Å². The smallest absolute Gasteiger partial charge is 0.107 e. The molecular weight excluding hydrogens is 198 g/mol. The van der Waals surface area contributed by atoms with Crippen molar-refractivity contribution in [3.05, 3.63) is 30.6 Å². The summed E-state index contributed by atoms with van der Waals surface area (Å²) >= 11 is 0. The Morgan fingerprint density at radius 2 is 2.25 bits per heavy atom. The van der Waals surface area contributed by atoms with E-state index in [1.54, 1.807) is 0 Å². The van der Waals surface area contributed by atoms with Gasteiger partial charge in [0, 0.05) is 19.3 Å². The van der Waals surface area contributed by atoms with Gasteiger partial charge in [-0.1, -0.05) is 6.08 Å². The molecule has 86 valence electrons. The maximum Gasteiger partial charge on any atom is 0.107 e. The van der Waals surface area contributed by atoms with E-state index in [9.17, 15) is 0 Å². The van der Waals surface area contributed by atoms with Crippen LogP contribution in [0.4, 0.5) is 5.82 Å². The quantitative estimate of drug-likeness (QED) is 0.822. The highest BCUT2D eigenvalue weighted by molar-refractivity contribution is 5.40. The number of piperidine rings is 1. The number of anilines is 1. The zero-order chi connectivity index (χ0) is 10.8. The fraction of sp³-hybridized carbons (Fsp3) is 0.538. The highest BCUT2D eigenvalue weighted by Crippen LogP contribution is 2.27. The number of aromatic amines is 1. The van der Waals surface area contributed by atoms with E-state index >= 15 is 0 Å². The molecular formula is C13H19N3. The Labute approximate surface area is 96.7 Å². The summed E-state index contributed by atoms with van der Waals surface area (Å²) in [7, 11) is 0. The molecule has 3 heteroatoms. The molecule has 1 aromatic heterocycles. The van der Waals surface area contributed by atoms with Crippen LogP contribution in [0.1, 0.15) is 25.7 Å². The standard InChI is InChI=1S/C13H19N3/c1-2-11-16(12-6-5-8-14-12)13(7-1)15-9-3-4-10-15/h3,5-6,8-9,13-14H,1-2,4,7,10-11H2. The first-order valence-corrected chi connectivity index (χ1v) is 6.27. The van der Waals surface area contributed by atoms with Crippen LogP contribution in [-0.4, -0.2) is 29.1 Å². The van der Waals surface area contributed by atoms with Gasteiger partial charge in [-0.2, -0.15) is 0 Å². The molecule has 0 bridgehead atoms. The van der Waals surface area contributed by atoms with Gasteiger partial charge in [0.05, 0.1) is 0 Å². The van der Waals surface area contributed by atoms with Crippen molar-refractivity contribution in [3.8, 4) is 0 Å². The first-order chi connectivity index (χ1) is 7.95. The Hall–Kier alpha value is -1.38. The van der Waals surface area contributed by atoms with Crippen molar-refractivity contribution in [1.29, 1.82) is 0 Å². The van der Waals surface area contributed by atoms with Crippen LogP contribution in [0.25, 0.3) is 0 Å². The highest BCUT2D eigenvalue weighted by Gasteiger charge is 2.27. The summed E-state index contributed by atoms with van der Waals surface area (Å²) in [6.07, 6.45) is 12.3. The van der Waals surface area contributed by atoms with Gasteiger partial charge in [-0.15, -0.1) is 0 Å². The molecule has 0 aliphatic carbocycles. The van der Waals surface area contributed by atoms with Gasteiger partial charge in [-0.05, 0) is 44.0 Å². The molecule has 0 aromatic carbocycles. The van der Waals surface area contributed by atoms with E-state index in [1.165, 1.54) is 44.6 Å². The molecule has 1 fully saturated rings. The van der Waals surface area contributed by atoms with Crippen molar-refractivity contribution in [1.82, 2.24) is 9.88 Å². The molecule has 3 nitrogen and oxygen atoms in total. The fourth-order valence-corrected chi connectivity index (χ4v) is 2.80. The third-order valence-electron chi connectivity index (χ3n) is 3.60.